The Hall–Kier alpha value is -3.13. The van der Waals surface area contributed by atoms with Crippen molar-refractivity contribution >= 4 is 29.2 Å². The number of carbonyl (C=O) groups excluding carboxylic acids is 3. The second kappa shape index (κ2) is 15.2. The second-order valence-corrected chi connectivity index (χ2v) is 13.6. The molecule has 4 rings (SSSR count). The van der Waals surface area contributed by atoms with Gasteiger partial charge in [-0.1, -0.05) is 46.5 Å². The van der Waals surface area contributed by atoms with E-state index in [0.29, 0.717) is 24.2 Å². The minimum atomic E-state index is -1.46. The standard InChI is InChI=1S/C33H51N5O8/c1-7-8-16-44-32(4,5)31(42)37-29-22-14-15-24(38(22)36-19-35-29)33(6)28(40)27(45-30(41)26(34)20(2)3)23(46-33)18-43-25(39)17-21-12-10-9-11-13-21/h14-15,19-21,23,26-28,40H,7-13,16-18,34H2,1-6H3,(H,35,36,37,42)/t23-,26+,27-,28-,33+/m1/s1. The molecule has 2 aromatic rings. The van der Waals surface area contributed by atoms with Gasteiger partial charge in [-0.3, -0.25) is 14.4 Å². The molecule has 1 amide bonds. The number of unbranched alkanes of at least 4 members (excludes halogenated alkanes) is 1. The SMILES string of the molecule is CCCCOC(C)(C)C(=O)Nc1ncnn2c([C@]3(C)O[C@H](COC(=O)CC4CCCCC4)[C@@H](OC(=O)[C@@H](N)C(C)C)[C@H]3O)ccc12. The summed E-state index contributed by atoms with van der Waals surface area (Å²) in [5.41, 5.74) is 4.37. The zero-order valence-corrected chi connectivity index (χ0v) is 28.0. The third-order valence-electron chi connectivity index (χ3n) is 9.17. The van der Waals surface area contributed by atoms with Crippen molar-refractivity contribution in [3.8, 4) is 0 Å². The Morgan fingerprint density at radius 3 is 2.61 bits per heavy atom. The first-order valence-corrected chi connectivity index (χ1v) is 16.5. The number of rotatable bonds is 14. The largest absolute Gasteiger partial charge is 0.463 e. The molecule has 13 heteroatoms. The Morgan fingerprint density at radius 1 is 1.22 bits per heavy atom. The summed E-state index contributed by atoms with van der Waals surface area (Å²) in [5, 5.41) is 18.9. The first kappa shape index (κ1) is 35.7. The quantitative estimate of drug-likeness (QED) is 0.202. The first-order chi connectivity index (χ1) is 21.8. The minimum absolute atomic E-state index is 0.202. The molecule has 1 aliphatic carbocycles. The Bertz CT molecular complexity index is 1360. The normalized spacial score (nSPS) is 24.7. The molecule has 0 bridgehead atoms. The molecule has 5 atom stereocenters. The number of nitrogens with zero attached hydrogens (tertiary/aromatic N) is 3. The molecule has 3 heterocycles. The summed E-state index contributed by atoms with van der Waals surface area (Å²) in [4.78, 5) is 43.1. The summed E-state index contributed by atoms with van der Waals surface area (Å²) in [6.45, 7) is 10.9. The molecule has 0 aromatic carbocycles. The molecular formula is C33H51N5O8. The van der Waals surface area contributed by atoms with Crippen molar-refractivity contribution in [2.45, 2.75) is 128 Å². The highest BCUT2D eigenvalue weighted by molar-refractivity contribution is 5.98. The van der Waals surface area contributed by atoms with Crippen molar-refractivity contribution in [2.75, 3.05) is 18.5 Å². The third-order valence-corrected chi connectivity index (χ3v) is 9.17. The van der Waals surface area contributed by atoms with Crippen molar-refractivity contribution in [1.82, 2.24) is 14.6 Å². The van der Waals surface area contributed by atoms with Crippen LogP contribution in [-0.4, -0.2) is 80.7 Å². The lowest BCUT2D eigenvalue weighted by Gasteiger charge is -2.28. The van der Waals surface area contributed by atoms with Crippen LogP contribution < -0.4 is 11.1 Å². The number of aromatic nitrogens is 3. The molecule has 256 valence electrons. The van der Waals surface area contributed by atoms with Gasteiger partial charge in [0, 0.05) is 13.0 Å². The molecule has 0 unspecified atom stereocenters. The number of esters is 2. The highest BCUT2D eigenvalue weighted by Gasteiger charge is 2.56. The van der Waals surface area contributed by atoms with E-state index in [4.69, 9.17) is 24.7 Å². The summed E-state index contributed by atoms with van der Waals surface area (Å²) in [6, 6.07) is 2.48. The smallest absolute Gasteiger partial charge is 0.323 e. The fraction of sp³-hybridized carbons (Fsp3) is 0.727. The molecule has 2 aliphatic rings. The number of nitrogens with one attached hydrogen (secondary N) is 1. The third kappa shape index (κ3) is 8.04. The fourth-order valence-corrected chi connectivity index (χ4v) is 6.00. The minimum Gasteiger partial charge on any atom is -0.463 e. The van der Waals surface area contributed by atoms with Gasteiger partial charge in [0.15, 0.2) is 11.9 Å². The number of fused-ring (bicyclic) bond motifs is 1. The average molecular weight is 646 g/mol. The Morgan fingerprint density at radius 2 is 1.93 bits per heavy atom. The number of ether oxygens (including phenoxy) is 4. The molecule has 0 spiro atoms. The highest BCUT2D eigenvalue weighted by atomic mass is 16.6. The number of aliphatic hydroxyl groups is 1. The fourth-order valence-electron chi connectivity index (χ4n) is 6.00. The highest BCUT2D eigenvalue weighted by Crippen LogP contribution is 2.42. The maximum atomic E-state index is 13.1. The number of hydrogen-bond donors (Lipinski definition) is 3. The Labute approximate surface area is 270 Å². The van der Waals surface area contributed by atoms with Gasteiger partial charge < -0.3 is 35.1 Å². The van der Waals surface area contributed by atoms with E-state index in [1.165, 1.54) is 17.3 Å². The van der Waals surface area contributed by atoms with E-state index < -0.39 is 41.5 Å². The van der Waals surface area contributed by atoms with E-state index in [2.05, 4.69) is 15.4 Å². The molecule has 1 saturated carbocycles. The van der Waals surface area contributed by atoms with Gasteiger partial charge in [-0.2, -0.15) is 5.10 Å². The molecule has 0 radical (unpaired) electrons. The van der Waals surface area contributed by atoms with Crippen molar-refractivity contribution in [2.24, 2.45) is 17.6 Å². The maximum Gasteiger partial charge on any atom is 0.323 e. The maximum absolute atomic E-state index is 13.1. The monoisotopic (exact) mass is 645 g/mol. The average Bonchev–Trinajstić information content (AvgIpc) is 3.56. The van der Waals surface area contributed by atoms with Crippen LogP contribution in [0.4, 0.5) is 5.82 Å². The van der Waals surface area contributed by atoms with Gasteiger partial charge in [0.25, 0.3) is 5.91 Å². The number of carbonyl (C=O) groups is 3. The van der Waals surface area contributed by atoms with Crippen molar-refractivity contribution in [3.05, 3.63) is 24.2 Å². The summed E-state index contributed by atoms with van der Waals surface area (Å²) in [5.74, 6) is -1.10. The van der Waals surface area contributed by atoms with Crippen LogP contribution in [-0.2, 0) is 38.9 Å². The van der Waals surface area contributed by atoms with Gasteiger partial charge in [-0.15, -0.1) is 0 Å². The van der Waals surface area contributed by atoms with Crippen LogP contribution in [0, 0.1) is 11.8 Å². The van der Waals surface area contributed by atoms with Gasteiger partial charge in [0.05, 0.1) is 5.69 Å². The molecule has 2 fully saturated rings. The number of anilines is 1. The van der Waals surface area contributed by atoms with Crippen LogP contribution in [0.25, 0.3) is 5.52 Å². The van der Waals surface area contributed by atoms with Crippen LogP contribution in [0.5, 0.6) is 0 Å². The molecule has 1 aliphatic heterocycles. The van der Waals surface area contributed by atoms with Crippen molar-refractivity contribution in [3.63, 3.8) is 0 Å². The van der Waals surface area contributed by atoms with E-state index >= 15 is 0 Å². The lowest BCUT2D eigenvalue weighted by molar-refractivity contribution is -0.162. The van der Waals surface area contributed by atoms with Crippen molar-refractivity contribution in [1.29, 1.82) is 0 Å². The van der Waals surface area contributed by atoms with E-state index in [1.807, 2.05) is 6.92 Å². The van der Waals surface area contributed by atoms with Crippen molar-refractivity contribution < 1.29 is 38.4 Å². The second-order valence-electron chi connectivity index (χ2n) is 13.6. The van der Waals surface area contributed by atoms with Gasteiger partial charge in [0.2, 0.25) is 0 Å². The van der Waals surface area contributed by atoms with Crippen LogP contribution in [0.3, 0.4) is 0 Å². The van der Waals surface area contributed by atoms with Crippen LogP contribution in [0.2, 0.25) is 0 Å². The molecular weight excluding hydrogens is 594 g/mol. The van der Waals surface area contributed by atoms with E-state index in [1.54, 1.807) is 46.8 Å². The zero-order valence-electron chi connectivity index (χ0n) is 28.0. The van der Waals surface area contributed by atoms with E-state index in [0.717, 1.165) is 38.5 Å². The first-order valence-electron chi connectivity index (χ1n) is 16.5. The van der Waals surface area contributed by atoms with Crippen LogP contribution in [0.15, 0.2) is 18.5 Å². The molecule has 13 nitrogen and oxygen atoms in total. The Balaban J connectivity index is 1.57. The molecule has 1 saturated heterocycles. The number of amides is 1. The molecule has 46 heavy (non-hydrogen) atoms. The van der Waals surface area contributed by atoms with Gasteiger partial charge in [-0.25, -0.2) is 9.50 Å². The lowest BCUT2D eigenvalue weighted by Crippen LogP contribution is -2.46. The van der Waals surface area contributed by atoms with Crippen LogP contribution in [0.1, 0.15) is 98.6 Å². The van der Waals surface area contributed by atoms with Crippen LogP contribution >= 0.6 is 0 Å². The zero-order chi connectivity index (χ0) is 33.6. The summed E-state index contributed by atoms with van der Waals surface area (Å²) >= 11 is 0. The number of nitrogens with two attached hydrogens (primary N) is 1. The van der Waals surface area contributed by atoms with E-state index in [9.17, 15) is 19.5 Å². The van der Waals surface area contributed by atoms with E-state index in [-0.39, 0.29) is 36.1 Å². The predicted molar refractivity (Wildman–Crippen MR) is 170 cm³/mol. The molecule has 2 aromatic heterocycles. The summed E-state index contributed by atoms with van der Waals surface area (Å²) in [7, 11) is 0. The number of hydrogen-bond acceptors (Lipinski definition) is 11. The van der Waals surface area contributed by atoms with Gasteiger partial charge in [-0.05, 0) is 64.0 Å². The number of aliphatic hydroxyl groups excluding tert-OH is 1. The Kier molecular flexibility index (Phi) is 11.8. The summed E-state index contributed by atoms with van der Waals surface area (Å²) in [6.07, 6.45) is 5.20. The summed E-state index contributed by atoms with van der Waals surface area (Å²) < 4.78 is 25.1. The van der Waals surface area contributed by atoms with Gasteiger partial charge in [0.1, 0.15) is 47.9 Å². The molecule has 4 N–H and O–H groups in total. The predicted octanol–water partition coefficient (Wildman–Crippen LogP) is 3.65. The topological polar surface area (TPSA) is 177 Å². The van der Waals surface area contributed by atoms with Gasteiger partial charge >= 0.3 is 11.9 Å². The lowest BCUT2D eigenvalue weighted by atomic mass is 9.87.